The summed E-state index contributed by atoms with van der Waals surface area (Å²) >= 11 is 8.13. The van der Waals surface area contributed by atoms with Crippen molar-refractivity contribution < 1.29 is 22.8 Å². The Morgan fingerprint density at radius 1 is 1.23 bits per heavy atom. The maximum Gasteiger partial charge on any atom is 0.403 e. The second-order valence-corrected chi connectivity index (χ2v) is 11.4. The molecule has 11 heteroatoms. The third-order valence-electron chi connectivity index (χ3n) is 7.06. The Hall–Kier alpha value is -1.89. The van der Waals surface area contributed by atoms with E-state index in [0.29, 0.717) is 30.1 Å². The highest BCUT2D eigenvalue weighted by atomic mass is 127. The maximum absolute atomic E-state index is 13.6. The molecule has 1 heterocycles. The van der Waals surface area contributed by atoms with Crippen molar-refractivity contribution in [3.8, 4) is 0 Å². The summed E-state index contributed by atoms with van der Waals surface area (Å²) in [5, 5.41) is 9.29. The lowest BCUT2D eigenvalue weighted by Gasteiger charge is -2.29. The SMILES string of the molecule is CC[C@H](CN1CC[C@@H](CNC(=O)c2ccc(Cl)c(I)c2)N[C@@H](CCNC(C)C(F)(F)F)C1=O)c1ccccc1. The lowest BCUT2D eigenvalue weighted by molar-refractivity contribution is -0.151. The van der Waals surface area contributed by atoms with Crippen LogP contribution < -0.4 is 16.0 Å². The number of nitrogens with one attached hydrogen (secondary N) is 3. The van der Waals surface area contributed by atoms with Crippen molar-refractivity contribution in [1.82, 2.24) is 20.9 Å². The van der Waals surface area contributed by atoms with E-state index in [-0.39, 0.29) is 43.3 Å². The van der Waals surface area contributed by atoms with E-state index in [9.17, 15) is 22.8 Å². The number of rotatable bonds is 11. The van der Waals surface area contributed by atoms with Crippen LogP contribution in [-0.2, 0) is 4.79 Å². The Bertz CT molecular complexity index is 1110. The highest BCUT2D eigenvalue weighted by Crippen LogP contribution is 2.24. The van der Waals surface area contributed by atoms with Gasteiger partial charge >= 0.3 is 6.18 Å². The Kier molecular flexibility index (Phi) is 11.9. The molecule has 1 unspecified atom stereocenters. The van der Waals surface area contributed by atoms with E-state index in [4.69, 9.17) is 11.6 Å². The van der Waals surface area contributed by atoms with Gasteiger partial charge in [-0.3, -0.25) is 9.59 Å². The van der Waals surface area contributed by atoms with Gasteiger partial charge < -0.3 is 20.9 Å². The van der Waals surface area contributed by atoms with E-state index in [1.54, 1.807) is 18.2 Å². The molecule has 0 bridgehead atoms. The molecule has 2 aromatic carbocycles. The molecule has 214 valence electrons. The van der Waals surface area contributed by atoms with Crippen molar-refractivity contribution in [2.45, 2.75) is 63.3 Å². The molecule has 1 fully saturated rings. The van der Waals surface area contributed by atoms with Gasteiger partial charge in [-0.1, -0.05) is 48.9 Å². The number of benzene rings is 2. The summed E-state index contributed by atoms with van der Waals surface area (Å²) in [7, 11) is 0. The molecule has 1 aliphatic rings. The number of halogens is 5. The quantitative estimate of drug-likeness (QED) is 0.280. The first-order valence-electron chi connectivity index (χ1n) is 13.1. The van der Waals surface area contributed by atoms with E-state index < -0.39 is 18.3 Å². The molecule has 2 amide bonds. The van der Waals surface area contributed by atoms with Crippen LogP contribution in [0.1, 0.15) is 54.9 Å². The van der Waals surface area contributed by atoms with Gasteiger partial charge in [-0.15, -0.1) is 0 Å². The van der Waals surface area contributed by atoms with Crippen molar-refractivity contribution in [3.05, 3.63) is 68.3 Å². The molecule has 0 saturated carbocycles. The second-order valence-electron chi connectivity index (χ2n) is 9.85. The number of alkyl halides is 3. The lowest BCUT2D eigenvalue weighted by atomic mass is 9.95. The Morgan fingerprint density at radius 3 is 2.59 bits per heavy atom. The molecule has 0 aliphatic carbocycles. The molecule has 39 heavy (non-hydrogen) atoms. The van der Waals surface area contributed by atoms with Crippen LogP contribution in [0, 0.1) is 3.57 Å². The molecule has 1 saturated heterocycles. The van der Waals surface area contributed by atoms with Crippen molar-refractivity contribution in [1.29, 1.82) is 0 Å². The molecule has 3 N–H and O–H groups in total. The Morgan fingerprint density at radius 2 is 1.95 bits per heavy atom. The number of hydrogen-bond donors (Lipinski definition) is 3. The van der Waals surface area contributed by atoms with Gasteiger partial charge in [-0.05, 0) is 79.1 Å². The van der Waals surface area contributed by atoms with Gasteiger partial charge in [0.15, 0.2) is 0 Å². The summed E-state index contributed by atoms with van der Waals surface area (Å²) < 4.78 is 39.7. The molecule has 1 aliphatic heterocycles. The van der Waals surface area contributed by atoms with Crippen LogP contribution in [0.5, 0.6) is 0 Å². The van der Waals surface area contributed by atoms with Crippen molar-refractivity contribution >= 4 is 46.0 Å². The van der Waals surface area contributed by atoms with Crippen LogP contribution >= 0.6 is 34.2 Å². The molecule has 3 rings (SSSR count). The normalized spacial score (nSPS) is 19.9. The topological polar surface area (TPSA) is 73.5 Å². The van der Waals surface area contributed by atoms with Crippen LogP contribution in [0.25, 0.3) is 0 Å². The van der Waals surface area contributed by atoms with Gasteiger partial charge in [0, 0.05) is 40.7 Å². The molecule has 6 nitrogen and oxygen atoms in total. The average Bonchev–Trinajstić information content (AvgIpc) is 3.05. The van der Waals surface area contributed by atoms with Gasteiger partial charge in [-0.25, -0.2) is 0 Å². The average molecular weight is 679 g/mol. The third kappa shape index (κ3) is 9.33. The molecule has 0 radical (unpaired) electrons. The van der Waals surface area contributed by atoms with Gasteiger partial charge in [0.25, 0.3) is 5.91 Å². The first kappa shape index (κ1) is 31.6. The van der Waals surface area contributed by atoms with Crippen LogP contribution in [0.4, 0.5) is 13.2 Å². The molecule has 0 aromatic heterocycles. The van der Waals surface area contributed by atoms with Gasteiger partial charge in [0.2, 0.25) is 5.91 Å². The molecule has 4 atom stereocenters. The highest BCUT2D eigenvalue weighted by Gasteiger charge is 2.36. The number of amides is 2. The fraction of sp³-hybridized carbons (Fsp3) is 0.500. The van der Waals surface area contributed by atoms with E-state index in [2.05, 4.69) is 45.5 Å². The maximum atomic E-state index is 13.6. The van der Waals surface area contributed by atoms with Crippen LogP contribution in [-0.4, -0.2) is 67.2 Å². The van der Waals surface area contributed by atoms with E-state index >= 15 is 0 Å². The van der Waals surface area contributed by atoms with E-state index in [0.717, 1.165) is 22.5 Å². The summed E-state index contributed by atoms with van der Waals surface area (Å²) in [5.74, 6) is -0.249. The summed E-state index contributed by atoms with van der Waals surface area (Å²) in [6, 6.07) is 12.4. The number of nitrogens with zero attached hydrogens (tertiary/aromatic N) is 1. The monoisotopic (exact) mass is 678 g/mol. The number of carbonyl (C=O) groups excluding carboxylic acids is 2. The first-order valence-corrected chi connectivity index (χ1v) is 14.6. The fourth-order valence-corrected chi connectivity index (χ4v) is 5.24. The molecular weight excluding hydrogens is 644 g/mol. The predicted molar refractivity (Wildman–Crippen MR) is 156 cm³/mol. The van der Waals surface area contributed by atoms with Crippen molar-refractivity contribution in [2.75, 3.05) is 26.2 Å². The van der Waals surface area contributed by atoms with Crippen molar-refractivity contribution in [2.24, 2.45) is 0 Å². The fourth-order valence-electron chi connectivity index (χ4n) is 4.61. The third-order valence-corrected chi connectivity index (χ3v) is 8.60. The minimum atomic E-state index is -4.36. The zero-order valence-electron chi connectivity index (χ0n) is 22.0. The molecule has 2 aromatic rings. The second kappa shape index (κ2) is 14.7. The van der Waals surface area contributed by atoms with Gasteiger partial charge in [-0.2, -0.15) is 13.2 Å². The van der Waals surface area contributed by atoms with E-state index in [1.165, 1.54) is 0 Å². The minimum Gasteiger partial charge on any atom is -0.350 e. The smallest absolute Gasteiger partial charge is 0.350 e. The first-order chi connectivity index (χ1) is 18.5. The van der Waals surface area contributed by atoms with E-state index in [1.807, 2.05) is 35.2 Å². The zero-order valence-corrected chi connectivity index (χ0v) is 24.9. The van der Waals surface area contributed by atoms with Crippen LogP contribution in [0.15, 0.2) is 48.5 Å². The van der Waals surface area contributed by atoms with Crippen LogP contribution in [0.2, 0.25) is 5.02 Å². The molecular formula is C28H35ClF3IN4O2. The summed E-state index contributed by atoms with van der Waals surface area (Å²) in [6.07, 6.45) is -2.73. The largest absolute Gasteiger partial charge is 0.403 e. The van der Waals surface area contributed by atoms with Gasteiger partial charge in [0.1, 0.15) is 6.04 Å². The molecule has 0 spiro atoms. The van der Waals surface area contributed by atoms with Gasteiger partial charge in [0.05, 0.1) is 11.1 Å². The predicted octanol–water partition coefficient (Wildman–Crippen LogP) is 5.36. The number of hydrogen-bond acceptors (Lipinski definition) is 4. The Labute approximate surface area is 246 Å². The van der Waals surface area contributed by atoms with Crippen molar-refractivity contribution in [3.63, 3.8) is 0 Å². The highest BCUT2D eigenvalue weighted by molar-refractivity contribution is 14.1. The minimum absolute atomic E-state index is 0.0239. The number of carbonyl (C=O) groups is 2. The standard InChI is InChI=1S/C28H35ClF3IN4O2/c1-3-19(20-7-5-4-6-8-20)17-37-14-12-22(16-35-26(38)21-9-10-23(29)24(33)15-21)36-25(27(37)39)11-13-34-18(2)28(30,31)32/h4-10,15,18-19,22,25,34,36H,3,11-14,16-17H2,1-2H3,(H,35,38)/t18?,19-,22+,25+/m1/s1. The summed E-state index contributed by atoms with van der Waals surface area (Å²) in [5.41, 5.74) is 1.62. The van der Waals surface area contributed by atoms with Crippen LogP contribution in [0.3, 0.4) is 0 Å². The summed E-state index contributed by atoms with van der Waals surface area (Å²) in [6.45, 7) is 4.45. The summed E-state index contributed by atoms with van der Waals surface area (Å²) in [4.78, 5) is 28.2. The lowest BCUT2D eigenvalue weighted by Crippen LogP contribution is -2.51. The zero-order chi connectivity index (χ0) is 28.6. The Balaban J connectivity index is 1.70.